The molecule has 1 unspecified atom stereocenters. The van der Waals surface area contributed by atoms with Crippen LogP contribution in [0.2, 0.25) is 0 Å². The summed E-state index contributed by atoms with van der Waals surface area (Å²) in [5, 5.41) is 9.91. The number of phenolic OH excluding ortho intramolecular Hbond substituents is 1. The van der Waals surface area contributed by atoms with Crippen LogP contribution in [0.1, 0.15) is 26.3 Å². The summed E-state index contributed by atoms with van der Waals surface area (Å²) in [6, 6.07) is 4.95. The molecule has 5 nitrogen and oxygen atoms in total. The van der Waals surface area contributed by atoms with Crippen molar-refractivity contribution in [2.24, 2.45) is 0 Å². The molecular formula is C16H20O5. The Balaban J connectivity index is 1.92. The number of carbonyl (C=O) groups excluding carboxylic acids is 1. The van der Waals surface area contributed by atoms with Crippen LogP contribution in [-0.4, -0.2) is 36.0 Å². The minimum atomic E-state index is -0.412. The molecule has 0 spiro atoms. The molecule has 1 aliphatic rings. The summed E-state index contributed by atoms with van der Waals surface area (Å²) in [5.74, 6) is 0.0134. The van der Waals surface area contributed by atoms with Crippen LogP contribution in [0.3, 0.4) is 0 Å². The smallest absolute Gasteiger partial charge is 0.330 e. The number of benzene rings is 1. The van der Waals surface area contributed by atoms with E-state index >= 15 is 0 Å². The van der Waals surface area contributed by atoms with E-state index in [1.165, 1.54) is 12.1 Å². The number of hydrogen-bond acceptors (Lipinski definition) is 5. The van der Waals surface area contributed by atoms with Crippen LogP contribution in [0, 0.1) is 0 Å². The summed E-state index contributed by atoms with van der Waals surface area (Å²) in [4.78, 5) is 11.2. The van der Waals surface area contributed by atoms with Crippen molar-refractivity contribution in [1.82, 2.24) is 0 Å². The molecule has 0 bridgehead atoms. The lowest BCUT2D eigenvalue weighted by Gasteiger charge is -2.07. The van der Waals surface area contributed by atoms with E-state index in [4.69, 9.17) is 14.2 Å². The van der Waals surface area contributed by atoms with Crippen LogP contribution in [0.15, 0.2) is 24.3 Å². The van der Waals surface area contributed by atoms with E-state index in [-0.39, 0.29) is 17.5 Å². The van der Waals surface area contributed by atoms with Crippen LogP contribution in [0.5, 0.6) is 11.5 Å². The first kappa shape index (κ1) is 15.4. The highest BCUT2D eigenvalue weighted by atomic mass is 16.6. The number of aromatic hydroxyl groups is 1. The second-order valence-corrected chi connectivity index (χ2v) is 5.33. The zero-order valence-corrected chi connectivity index (χ0v) is 12.5. The molecule has 21 heavy (non-hydrogen) atoms. The number of ether oxygens (including phenoxy) is 3. The summed E-state index contributed by atoms with van der Waals surface area (Å²) < 4.78 is 15.7. The van der Waals surface area contributed by atoms with Gasteiger partial charge in [0, 0.05) is 6.08 Å². The molecule has 0 aliphatic carbocycles. The first-order valence-electron chi connectivity index (χ1n) is 6.91. The fourth-order valence-corrected chi connectivity index (χ4v) is 1.85. The molecule has 2 rings (SSSR count). The van der Waals surface area contributed by atoms with Crippen molar-refractivity contribution in [3.8, 4) is 11.5 Å². The van der Waals surface area contributed by atoms with Gasteiger partial charge in [0.25, 0.3) is 0 Å². The average molecular weight is 292 g/mol. The quantitative estimate of drug-likeness (QED) is 0.496. The van der Waals surface area contributed by atoms with E-state index in [9.17, 15) is 9.90 Å². The standard InChI is InChI=1S/C16H20O5/c1-4-19-15(18)8-6-11-5-7-13(12(17)9-11)20-10-14-16(2,3)21-14/h5-9,14,17H,4,10H2,1-3H3/b8-6+. The van der Waals surface area contributed by atoms with Crippen molar-refractivity contribution in [3.63, 3.8) is 0 Å². The van der Waals surface area contributed by atoms with Gasteiger partial charge in [0.15, 0.2) is 11.5 Å². The van der Waals surface area contributed by atoms with Gasteiger partial charge in [-0.2, -0.15) is 0 Å². The number of hydrogen-bond donors (Lipinski definition) is 1. The first-order valence-corrected chi connectivity index (χ1v) is 6.91. The molecule has 5 heteroatoms. The molecule has 1 saturated heterocycles. The van der Waals surface area contributed by atoms with Crippen molar-refractivity contribution in [2.45, 2.75) is 32.5 Å². The largest absolute Gasteiger partial charge is 0.504 e. The van der Waals surface area contributed by atoms with Gasteiger partial charge >= 0.3 is 5.97 Å². The van der Waals surface area contributed by atoms with Gasteiger partial charge in [0.2, 0.25) is 0 Å². The second-order valence-electron chi connectivity index (χ2n) is 5.33. The Morgan fingerprint density at radius 2 is 2.19 bits per heavy atom. The maximum Gasteiger partial charge on any atom is 0.330 e. The first-order chi connectivity index (χ1) is 9.92. The van der Waals surface area contributed by atoms with E-state index in [1.54, 1.807) is 25.1 Å². The Bertz CT molecular complexity index is 548. The van der Waals surface area contributed by atoms with Crippen LogP contribution in [-0.2, 0) is 14.3 Å². The molecule has 0 aromatic heterocycles. The van der Waals surface area contributed by atoms with Gasteiger partial charge in [-0.3, -0.25) is 0 Å². The second kappa shape index (κ2) is 6.18. The fourth-order valence-electron chi connectivity index (χ4n) is 1.85. The highest BCUT2D eigenvalue weighted by Gasteiger charge is 2.48. The van der Waals surface area contributed by atoms with Crippen LogP contribution >= 0.6 is 0 Å². The molecule has 1 aromatic rings. The number of esters is 1. The Morgan fingerprint density at radius 1 is 1.48 bits per heavy atom. The van der Waals surface area contributed by atoms with Gasteiger partial charge in [-0.05, 0) is 44.5 Å². The Labute approximate surface area is 124 Å². The highest BCUT2D eigenvalue weighted by Crippen LogP contribution is 2.36. The minimum absolute atomic E-state index is 0.0273. The average Bonchev–Trinajstić information content (AvgIpc) is 3.03. The van der Waals surface area contributed by atoms with Crippen molar-refractivity contribution in [1.29, 1.82) is 0 Å². The Hall–Kier alpha value is -2.01. The monoisotopic (exact) mass is 292 g/mol. The number of carbonyl (C=O) groups is 1. The molecule has 1 N–H and O–H groups in total. The summed E-state index contributed by atoms with van der Waals surface area (Å²) >= 11 is 0. The van der Waals surface area contributed by atoms with E-state index in [0.29, 0.717) is 24.5 Å². The highest BCUT2D eigenvalue weighted by molar-refractivity contribution is 5.87. The number of rotatable bonds is 6. The maximum absolute atomic E-state index is 11.2. The zero-order valence-electron chi connectivity index (χ0n) is 12.5. The fraction of sp³-hybridized carbons (Fsp3) is 0.438. The topological polar surface area (TPSA) is 68.3 Å². The SMILES string of the molecule is CCOC(=O)/C=C/c1ccc(OCC2OC2(C)C)c(O)c1. The molecule has 1 aliphatic heterocycles. The van der Waals surface area contributed by atoms with Crippen molar-refractivity contribution in [2.75, 3.05) is 13.2 Å². The minimum Gasteiger partial charge on any atom is -0.504 e. The molecular weight excluding hydrogens is 272 g/mol. The summed E-state index contributed by atoms with van der Waals surface area (Å²) in [7, 11) is 0. The maximum atomic E-state index is 11.2. The van der Waals surface area contributed by atoms with Crippen molar-refractivity contribution in [3.05, 3.63) is 29.8 Å². The number of phenols is 1. The third kappa shape index (κ3) is 4.23. The molecule has 0 amide bonds. The Kier molecular flexibility index (Phi) is 4.53. The lowest BCUT2D eigenvalue weighted by atomic mass is 10.1. The molecule has 1 heterocycles. The zero-order chi connectivity index (χ0) is 15.5. The van der Waals surface area contributed by atoms with E-state index in [1.807, 2.05) is 13.8 Å². The lowest BCUT2D eigenvalue weighted by molar-refractivity contribution is -0.137. The number of epoxide rings is 1. The molecule has 0 saturated carbocycles. The van der Waals surface area contributed by atoms with Gasteiger partial charge in [-0.25, -0.2) is 4.79 Å². The summed E-state index contributed by atoms with van der Waals surface area (Å²) in [6.07, 6.45) is 2.95. The molecule has 114 valence electrons. The summed E-state index contributed by atoms with van der Waals surface area (Å²) in [5.41, 5.74) is 0.550. The van der Waals surface area contributed by atoms with Crippen LogP contribution < -0.4 is 4.74 Å². The van der Waals surface area contributed by atoms with Gasteiger partial charge in [0.05, 0.1) is 12.2 Å². The van der Waals surface area contributed by atoms with Gasteiger partial charge in [-0.1, -0.05) is 6.07 Å². The van der Waals surface area contributed by atoms with Crippen LogP contribution in [0.25, 0.3) is 6.08 Å². The Morgan fingerprint density at radius 3 is 2.76 bits per heavy atom. The normalized spacial score (nSPS) is 19.5. The predicted molar refractivity (Wildman–Crippen MR) is 78.2 cm³/mol. The third-order valence-corrected chi connectivity index (χ3v) is 3.24. The third-order valence-electron chi connectivity index (χ3n) is 3.24. The van der Waals surface area contributed by atoms with Gasteiger partial charge < -0.3 is 19.3 Å². The van der Waals surface area contributed by atoms with Crippen molar-refractivity contribution >= 4 is 12.0 Å². The summed E-state index contributed by atoms with van der Waals surface area (Å²) in [6.45, 7) is 6.46. The van der Waals surface area contributed by atoms with E-state index < -0.39 is 5.97 Å². The molecule has 1 aromatic carbocycles. The lowest BCUT2D eigenvalue weighted by Crippen LogP contribution is -2.12. The molecule has 1 fully saturated rings. The molecule has 1 atom stereocenters. The van der Waals surface area contributed by atoms with Gasteiger partial charge in [-0.15, -0.1) is 0 Å². The van der Waals surface area contributed by atoms with E-state index in [0.717, 1.165) is 0 Å². The van der Waals surface area contributed by atoms with Crippen molar-refractivity contribution < 1.29 is 24.1 Å². The predicted octanol–water partition coefficient (Wildman–Crippen LogP) is 2.52. The van der Waals surface area contributed by atoms with Gasteiger partial charge in [0.1, 0.15) is 12.7 Å². The van der Waals surface area contributed by atoms with E-state index in [2.05, 4.69) is 0 Å². The van der Waals surface area contributed by atoms with Crippen LogP contribution in [0.4, 0.5) is 0 Å². The molecule has 0 radical (unpaired) electrons.